The van der Waals surface area contributed by atoms with Crippen molar-refractivity contribution in [2.75, 3.05) is 11.9 Å². The number of hydrogen-bond acceptors (Lipinski definition) is 1. The van der Waals surface area contributed by atoms with Crippen LogP contribution in [0.1, 0.15) is 5.56 Å². The Balaban J connectivity index is 3.25. The predicted molar refractivity (Wildman–Crippen MR) is 68.5 cm³/mol. The number of nitrogens with zero attached hydrogens (tertiary/aromatic N) is 1. The summed E-state index contributed by atoms with van der Waals surface area (Å²) in [5.41, 5.74) is 0.760. The molecule has 0 fully saturated rings. The molecule has 0 aliphatic rings. The molecular formula is C10H8BrCl2F2NO. The van der Waals surface area contributed by atoms with E-state index in [0.717, 1.165) is 4.90 Å². The van der Waals surface area contributed by atoms with Crippen LogP contribution in [-0.2, 0) is 10.1 Å². The average molecular weight is 347 g/mol. The maximum Gasteiger partial charge on any atom is 0.316 e. The number of rotatable bonds is 3. The summed E-state index contributed by atoms with van der Waals surface area (Å²) in [6.07, 6.45) is -3.10. The third-order valence-electron chi connectivity index (χ3n) is 2.14. The van der Waals surface area contributed by atoms with Crippen LogP contribution in [0.25, 0.3) is 0 Å². The zero-order chi connectivity index (χ0) is 13.2. The Labute approximate surface area is 116 Å². The highest BCUT2D eigenvalue weighted by Crippen LogP contribution is 2.37. The molecule has 1 rings (SSSR count). The normalized spacial score (nSPS) is 10.8. The highest BCUT2D eigenvalue weighted by molar-refractivity contribution is 9.08. The van der Waals surface area contributed by atoms with Crippen molar-refractivity contribution < 1.29 is 13.6 Å². The van der Waals surface area contributed by atoms with Crippen LogP contribution < -0.4 is 4.90 Å². The van der Waals surface area contributed by atoms with Crippen LogP contribution in [0.3, 0.4) is 0 Å². The molecule has 0 bridgehead atoms. The van der Waals surface area contributed by atoms with Crippen molar-refractivity contribution in [1.82, 2.24) is 0 Å². The van der Waals surface area contributed by atoms with Crippen molar-refractivity contribution in [3.8, 4) is 0 Å². The molecule has 0 heterocycles. The molecule has 94 valence electrons. The fourth-order valence-corrected chi connectivity index (χ4v) is 2.57. The van der Waals surface area contributed by atoms with Crippen LogP contribution in [0, 0.1) is 0 Å². The molecule has 0 aliphatic heterocycles. The number of benzene rings is 1. The first-order valence-corrected chi connectivity index (χ1v) is 6.36. The van der Waals surface area contributed by atoms with Crippen molar-refractivity contribution in [2.24, 2.45) is 0 Å². The van der Waals surface area contributed by atoms with Gasteiger partial charge in [0.25, 0.3) is 5.91 Å². The van der Waals surface area contributed by atoms with E-state index in [1.165, 1.54) is 13.1 Å². The van der Waals surface area contributed by atoms with Crippen molar-refractivity contribution >= 4 is 50.7 Å². The van der Waals surface area contributed by atoms with Crippen molar-refractivity contribution in [3.05, 3.63) is 27.7 Å². The smallest absolute Gasteiger partial charge is 0.308 e. The second-order valence-electron chi connectivity index (χ2n) is 3.20. The number of anilines is 1. The Morgan fingerprint density at radius 3 is 2.53 bits per heavy atom. The van der Waals surface area contributed by atoms with Crippen LogP contribution in [-0.4, -0.2) is 19.4 Å². The van der Waals surface area contributed by atoms with Crippen LogP contribution >= 0.6 is 39.1 Å². The van der Waals surface area contributed by atoms with E-state index >= 15 is 0 Å². The molecule has 1 aromatic carbocycles. The molecule has 17 heavy (non-hydrogen) atoms. The minimum absolute atomic E-state index is 0.0931. The molecule has 0 spiro atoms. The van der Waals surface area contributed by atoms with Crippen LogP contribution in [0.5, 0.6) is 0 Å². The van der Waals surface area contributed by atoms with Gasteiger partial charge in [0.05, 0.1) is 15.7 Å². The first-order chi connectivity index (χ1) is 7.90. The highest BCUT2D eigenvalue weighted by Gasteiger charge is 2.25. The van der Waals surface area contributed by atoms with Crippen molar-refractivity contribution in [2.45, 2.75) is 11.8 Å². The number of alkyl halides is 3. The molecule has 0 aliphatic carbocycles. The minimum Gasteiger partial charge on any atom is -0.308 e. The van der Waals surface area contributed by atoms with E-state index in [-0.39, 0.29) is 15.7 Å². The first-order valence-electron chi connectivity index (χ1n) is 4.48. The van der Waals surface area contributed by atoms with Gasteiger partial charge < -0.3 is 4.90 Å². The van der Waals surface area contributed by atoms with Gasteiger partial charge in [0.2, 0.25) is 0 Å². The molecule has 0 saturated heterocycles. The third kappa shape index (κ3) is 3.09. The summed E-state index contributed by atoms with van der Waals surface area (Å²) in [6, 6.07) is 3.16. The molecule has 1 aromatic rings. The molecule has 7 heteroatoms. The molecule has 2 nitrogen and oxygen atoms in total. The maximum atomic E-state index is 12.3. The van der Waals surface area contributed by atoms with E-state index in [9.17, 15) is 13.6 Å². The second kappa shape index (κ2) is 5.98. The topological polar surface area (TPSA) is 20.3 Å². The fourth-order valence-electron chi connectivity index (χ4n) is 1.25. The number of amides is 1. The maximum absolute atomic E-state index is 12.3. The summed E-state index contributed by atoms with van der Waals surface area (Å²) in [6.45, 7) is 0. The zero-order valence-electron chi connectivity index (χ0n) is 8.68. The summed E-state index contributed by atoms with van der Waals surface area (Å²) >= 11 is 15.1. The van der Waals surface area contributed by atoms with Crippen LogP contribution in [0.4, 0.5) is 14.5 Å². The van der Waals surface area contributed by atoms with E-state index in [1.807, 2.05) is 0 Å². The zero-order valence-corrected chi connectivity index (χ0v) is 11.8. The molecule has 0 radical (unpaired) electrons. The van der Waals surface area contributed by atoms with Gasteiger partial charge in [-0.05, 0) is 11.6 Å². The number of hydrogen-bond donors (Lipinski definition) is 0. The van der Waals surface area contributed by atoms with Crippen molar-refractivity contribution in [1.29, 1.82) is 0 Å². The molecule has 0 unspecified atom stereocenters. The minimum atomic E-state index is -3.10. The van der Waals surface area contributed by atoms with E-state index in [0.29, 0.717) is 10.9 Å². The standard InChI is InChI=1S/C10H8BrCl2F2NO/c1-16(10(17)9(14)15)8-6(12)3-2-5(4-11)7(8)13/h2-3,9H,4H2,1H3. The van der Waals surface area contributed by atoms with Crippen LogP contribution in [0.2, 0.25) is 10.0 Å². The molecule has 0 N–H and O–H groups in total. The van der Waals surface area contributed by atoms with Gasteiger partial charge >= 0.3 is 6.43 Å². The summed E-state index contributed by atoms with van der Waals surface area (Å²) in [5, 5.41) is 0.772. The van der Waals surface area contributed by atoms with Gasteiger partial charge in [-0.15, -0.1) is 0 Å². The molecular weight excluding hydrogens is 339 g/mol. The lowest BCUT2D eigenvalue weighted by Crippen LogP contribution is -2.32. The molecule has 0 aromatic heterocycles. The van der Waals surface area contributed by atoms with E-state index in [1.54, 1.807) is 6.07 Å². The lowest BCUT2D eigenvalue weighted by Gasteiger charge is -2.20. The SMILES string of the molecule is CN(C(=O)C(F)F)c1c(Cl)ccc(CBr)c1Cl. The van der Waals surface area contributed by atoms with Gasteiger partial charge in [-0.3, -0.25) is 4.79 Å². The largest absolute Gasteiger partial charge is 0.316 e. The summed E-state index contributed by atoms with van der Waals surface area (Å²) in [5.74, 6) is -1.35. The van der Waals surface area contributed by atoms with Gasteiger partial charge in [0, 0.05) is 12.4 Å². The second-order valence-corrected chi connectivity index (χ2v) is 4.55. The van der Waals surface area contributed by atoms with E-state index in [4.69, 9.17) is 23.2 Å². The molecule has 0 saturated carbocycles. The Morgan fingerprint density at radius 1 is 1.47 bits per heavy atom. The molecule has 1 amide bonds. The lowest BCUT2D eigenvalue weighted by atomic mass is 10.2. The Kier molecular flexibility index (Phi) is 5.16. The number of carbonyl (C=O) groups is 1. The van der Waals surface area contributed by atoms with Gasteiger partial charge in [-0.2, -0.15) is 8.78 Å². The average Bonchev–Trinajstić information content (AvgIpc) is 2.28. The van der Waals surface area contributed by atoms with E-state index in [2.05, 4.69) is 15.9 Å². The number of halogens is 5. The molecule has 0 atom stereocenters. The monoisotopic (exact) mass is 345 g/mol. The Morgan fingerprint density at radius 2 is 2.06 bits per heavy atom. The first kappa shape index (κ1) is 14.7. The summed E-state index contributed by atoms with van der Waals surface area (Å²) < 4.78 is 24.6. The predicted octanol–water partition coefficient (Wildman–Crippen LogP) is 4.12. The fraction of sp³-hybridized carbons (Fsp3) is 0.300. The Hall–Kier alpha value is -0.390. The summed E-state index contributed by atoms with van der Waals surface area (Å²) in [7, 11) is 1.21. The van der Waals surface area contributed by atoms with Gasteiger partial charge in [-0.25, -0.2) is 0 Å². The van der Waals surface area contributed by atoms with Gasteiger partial charge in [0.1, 0.15) is 0 Å². The quantitative estimate of drug-likeness (QED) is 0.754. The van der Waals surface area contributed by atoms with Gasteiger partial charge in [0.15, 0.2) is 0 Å². The highest BCUT2D eigenvalue weighted by atomic mass is 79.9. The van der Waals surface area contributed by atoms with E-state index < -0.39 is 12.3 Å². The Bertz CT molecular complexity index is 443. The van der Waals surface area contributed by atoms with Crippen molar-refractivity contribution in [3.63, 3.8) is 0 Å². The summed E-state index contributed by atoms with van der Waals surface area (Å²) in [4.78, 5) is 12.0. The lowest BCUT2D eigenvalue weighted by molar-refractivity contribution is -0.128. The number of carbonyl (C=O) groups excluding carboxylic acids is 1. The van der Waals surface area contributed by atoms with Gasteiger partial charge in [-0.1, -0.05) is 45.2 Å². The van der Waals surface area contributed by atoms with Crippen LogP contribution in [0.15, 0.2) is 12.1 Å². The third-order valence-corrected chi connectivity index (χ3v) is 3.47.